The number of carbonyl (C=O) groups excluding carboxylic acids is 1. The first kappa shape index (κ1) is 14.0. The summed E-state index contributed by atoms with van der Waals surface area (Å²) >= 11 is 0. The number of amides is 1. The van der Waals surface area contributed by atoms with E-state index in [4.69, 9.17) is 5.73 Å². The smallest absolute Gasteiger partial charge is 0.217 e. The molecule has 19 heavy (non-hydrogen) atoms. The van der Waals surface area contributed by atoms with Crippen molar-refractivity contribution in [1.82, 2.24) is 15.2 Å². The van der Waals surface area contributed by atoms with E-state index in [1.807, 2.05) is 19.2 Å². The predicted octanol–water partition coefficient (Wildman–Crippen LogP) is 0.680. The molecule has 1 aromatic heterocycles. The Hall–Kier alpha value is -1.46. The van der Waals surface area contributed by atoms with Crippen molar-refractivity contribution in [2.24, 2.45) is 5.73 Å². The predicted molar refractivity (Wildman–Crippen MR) is 74.4 cm³/mol. The summed E-state index contributed by atoms with van der Waals surface area (Å²) < 4.78 is 0. The summed E-state index contributed by atoms with van der Waals surface area (Å²) in [6.45, 7) is 5.38. The minimum Gasteiger partial charge on any atom is -0.352 e. The summed E-state index contributed by atoms with van der Waals surface area (Å²) in [6, 6.07) is 4.42. The molecule has 0 radical (unpaired) electrons. The van der Waals surface area contributed by atoms with E-state index in [0.717, 1.165) is 25.1 Å². The van der Waals surface area contributed by atoms with Gasteiger partial charge in [0.1, 0.15) is 0 Å². The zero-order chi connectivity index (χ0) is 13.8. The first-order valence-corrected chi connectivity index (χ1v) is 6.74. The standard InChI is InChI=1S/C14H22N4O/c1-10(15)14(12-4-3-6-16-8-12)18-7-5-13(9-18)17-11(2)19/h3-4,6,8,10,13-14H,5,7,9,15H2,1-2H3,(H,17,19). The molecule has 2 heterocycles. The molecule has 0 spiro atoms. The van der Waals surface area contributed by atoms with Crippen LogP contribution in [0.1, 0.15) is 31.9 Å². The topological polar surface area (TPSA) is 71.2 Å². The van der Waals surface area contributed by atoms with Crippen LogP contribution in [0, 0.1) is 0 Å². The minimum absolute atomic E-state index is 0.0280. The number of hydrogen-bond acceptors (Lipinski definition) is 4. The zero-order valence-corrected chi connectivity index (χ0v) is 11.5. The van der Waals surface area contributed by atoms with Gasteiger partial charge in [-0.3, -0.25) is 14.7 Å². The van der Waals surface area contributed by atoms with Gasteiger partial charge < -0.3 is 11.1 Å². The van der Waals surface area contributed by atoms with Crippen LogP contribution in [-0.2, 0) is 4.79 Å². The number of rotatable bonds is 4. The van der Waals surface area contributed by atoms with Crippen LogP contribution >= 0.6 is 0 Å². The normalized spacial score (nSPS) is 23.0. The molecule has 0 aliphatic carbocycles. The first-order chi connectivity index (χ1) is 9.08. The molecule has 104 valence electrons. The Morgan fingerprint density at radius 2 is 2.42 bits per heavy atom. The number of hydrogen-bond donors (Lipinski definition) is 2. The van der Waals surface area contributed by atoms with Crippen LogP contribution in [0.3, 0.4) is 0 Å². The number of aromatic nitrogens is 1. The summed E-state index contributed by atoms with van der Waals surface area (Å²) in [5, 5.41) is 2.98. The van der Waals surface area contributed by atoms with Gasteiger partial charge in [0.15, 0.2) is 0 Å². The zero-order valence-electron chi connectivity index (χ0n) is 11.5. The molecule has 5 heteroatoms. The molecule has 2 rings (SSSR count). The maximum atomic E-state index is 11.1. The van der Waals surface area contributed by atoms with Crippen molar-refractivity contribution in [2.75, 3.05) is 13.1 Å². The van der Waals surface area contributed by atoms with E-state index in [1.54, 1.807) is 13.1 Å². The molecule has 3 N–H and O–H groups in total. The lowest BCUT2D eigenvalue weighted by Gasteiger charge is -2.31. The lowest BCUT2D eigenvalue weighted by Crippen LogP contribution is -2.41. The van der Waals surface area contributed by atoms with E-state index < -0.39 is 0 Å². The van der Waals surface area contributed by atoms with E-state index in [-0.39, 0.29) is 24.0 Å². The third-order valence-corrected chi connectivity index (χ3v) is 3.54. The van der Waals surface area contributed by atoms with Gasteiger partial charge in [-0.05, 0) is 25.0 Å². The number of carbonyl (C=O) groups is 1. The molecule has 1 aliphatic rings. The molecule has 1 aliphatic heterocycles. The van der Waals surface area contributed by atoms with Gasteiger partial charge in [0.2, 0.25) is 5.91 Å². The van der Waals surface area contributed by atoms with Crippen LogP contribution in [0.2, 0.25) is 0 Å². The fourth-order valence-electron chi connectivity index (χ4n) is 2.84. The Balaban J connectivity index is 2.08. The summed E-state index contributed by atoms with van der Waals surface area (Å²) in [7, 11) is 0. The number of nitrogens with two attached hydrogens (primary N) is 1. The maximum Gasteiger partial charge on any atom is 0.217 e. The largest absolute Gasteiger partial charge is 0.352 e. The molecule has 1 saturated heterocycles. The number of likely N-dealkylation sites (tertiary alicyclic amines) is 1. The van der Waals surface area contributed by atoms with Crippen molar-refractivity contribution < 1.29 is 4.79 Å². The molecule has 1 fully saturated rings. The maximum absolute atomic E-state index is 11.1. The summed E-state index contributed by atoms with van der Waals surface area (Å²) in [4.78, 5) is 17.6. The van der Waals surface area contributed by atoms with Crippen LogP contribution in [-0.4, -0.2) is 41.0 Å². The van der Waals surface area contributed by atoms with Crippen LogP contribution in [0.25, 0.3) is 0 Å². The summed E-state index contributed by atoms with van der Waals surface area (Å²) in [5.74, 6) is 0.0329. The molecule has 1 amide bonds. The van der Waals surface area contributed by atoms with Gasteiger partial charge in [-0.1, -0.05) is 6.07 Å². The van der Waals surface area contributed by atoms with Crippen LogP contribution in [0.15, 0.2) is 24.5 Å². The Morgan fingerprint density at radius 1 is 1.63 bits per heavy atom. The fraction of sp³-hybridized carbons (Fsp3) is 0.571. The molecule has 0 saturated carbocycles. The first-order valence-electron chi connectivity index (χ1n) is 6.74. The number of nitrogens with one attached hydrogen (secondary N) is 1. The molecule has 0 bridgehead atoms. The third-order valence-electron chi connectivity index (χ3n) is 3.54. The van der Waals surface area contributed by atoms with Crippen molar-refractivity contribution in [2.45, 2.75) is 38.4 Å². The van der Waals surface area contributed by atoms with Gasteiger partial charge in [0.25, 0.3) is 0 Å². The SMILES string of the molecule is CC(=O)NC1CCN(C(c2cccnc2)C(C)N)C1. The van der Waals surface area contributed by atoms with E-state index in [0.29, 0.717) is 0 Å². The second-order valence-corrected chi connectivity index (χ2v) is 5.27. The highest BCUT2D eigenvalue weighted by Crippen LogP contribution is 2.26. The molecule has 1 aromatic rings. The molecule has 0 aromatic carbocycles. The van der Waals surface area contributed by atoms with Crippen LogP contribution in [0.4, 0.5) is 0 Å². The Labute approximate surface area is 114 Å². The van der Waals surface area contributed by atoms with Crippen molar-refractivity contribution in [3.63, 3.8) is 0 Å². The van der Waals surface area contributed by atoms with E-state index >= 15 is 0 Å². The van der Waals surface area contributed by atoms with E-state index in [1.165, 1.54) is 0 Å². The summed E-state index contributed by atoms with van der Waals surface area (Å²) in [5.41, 5.74) is 7.28. The number of pyridine rings is 1. The molecule has 3 atom stereocenters. The Kier molecular flexibility index (Phi) is 4.50. The van der Waals surface area contributed by atoms with Gasteiger partial charge in [-0.2, -0.15) is 0 Å². The van der Waals surface area contributed by atoms with Crippen LogP contribution in [0.5, 0.6) is 0 Å². The average Bonchev–Trinajstić information content (AvgIpc) is 2.77. The highest BCUT2D eigenvalue weighted by Gasteiger charge is 2.31. The average molecular weight is 262 g/mol. The Morgan fingerprint density at radius 3 is 3.00 bits per heavy atom. The van der Waals surface area contributed by atoms with Crippen molar-refractivity contribution >= 4 is 5.91 Å². The molecule has 3 unspecified atom stereocenters. The van der Waals surface area contributed by atoms with Gasteiger partial charge in [0.05, 0.1) is 6.04 Å². The van der Waals surface area contributed by atoms with Gasteiger partial charge in [-0.15, -0.1) is 0 Å². The van der Waals surface area contributed by atoms with Gasteiger partial charge >= 0.3 is 0 Å². The van der Waals surface area contributed by atoms with Gasteiger partial charge in [0, 0.05) is 44.5 Å². The number of nitrogens with zero attached hydrogens (tertiary/aromatic N) is 2. The minimum atomic E-state index is 0.0280. The highest BCUT2D eigenvalue weighted by atomic mass is 16.1. The van der Waals surface area contributed by atoms with E-state index in [2.05, 4.69) is 21.3 Å². The summed E-state index contributed by atoms with van der Waals surface area (Å²) in [6.07, 6.45) is 4.62. The van der Waals surface area contributed by atoms with Gasteiger partial charge in [-0.25, -0.2) is 0 Å². The molecular weight excluding hydrogens is 240 g/mol. The van der Waals surface area contributed by atoms with Crippen molar-refractivity contribution in [1.29, 1.82) is 0 Å². The lowest BCUT2D eigenvalue weighted by atomic mass is 10.0. The van der Waals surface area contributed by atoms with Crippen molar-refractivity contribution in [3.8, 4) is 0 Å². The van der Waals surface area contributed by atoms with Crippen LogP contribution < -0.4 is 11.1 Å². The highest BCUT2D eigenvalue weighted by molar-refractivity contribution is 5.73. The van der Waals surface area contributed by atoms with Crippen molar-refractivity contribution in [3.05, 3.63) is 30.1 Å². The lowest BCUT2D eigenvalue weighted by molar-refractivity contribution is -0.119. The monoisotopic (exact) mass is 262 g/mol. The van der Waals surface area contributed by atoms with E-state index in [9.17, 15) is 4.79 Å². The second-order valence-electron chi connectivity index (χ2n) is 5.27. The molecular formula is C14H22N4O. The second kappa shape index (κ2) is 6.12. The molecule has 5 nitrogen and oxygen atoms in total. The third kappa shape index (κ3) is 3.52. The Bertz CT molecular complexity index is 421. The fourth-order valence-corrected chi connectivity index (χ4v) is 2.84. The quantitative estimate of drug-likeness (QED) is 0.837.